The number of imidazole rings is 1. The smallest absolute Gasteiger partial charge is 0.332 e. The second-order valence-electron chi connectivity index (χ2n) is 3.27. The van der Waals surface area contributed by atoms with Gasteiger partial charge in [-0.3, -0.25) is 13.9 Å². The lowest BCUT2D eigenvalue weighted by Crippen LogP contribution is -2.36. The molecule has 0 radical (unpaired) electrons. The highest BCUT2D eigenvalue weighted by atomic mass is 16.4. The quantitative estimate of drug-likeness (QED) is 0.358. The molecule has 0 amide bonds. The first-order chi connectivity index (χ1) is 7.56. The number of aromatic amines is 1. The number of hydrogen-bond acceptors (Lipinski definition) is 5. The topological polar surface area (TPSA) is 105 Å². The van der Waals surface area contributed by atoms with Crippen LogP contribution in [0, 0.1) is 0 Å². The van der Waals surface area contributed by atoms with Crippen LogP contribution in [-0.4, -0.2) is 30.5 Å². The van der Waals surface area contributed by atoms with Gasteiger partial charge in [-0.25, -0.2) is 9.78 Å². The first-order valence-electron chi connectivity index (χ1n) is 4.39. The van der Waals surface area contributed by atoms with E-state index in [4.69, 9.17) is 5.21 Å². The molecule has 0 saturated carbocycles. The Labute approximate surface area is 88.5 Å². The van der Waals surface area contributed by atoms with Crippen LogP contribution in [0.25, 0.3) is 11.2 Å². The first kappa shape index (κ1) is 10.1. The number of nitrogens with one attached hydrogen (secondary N) is 1. The Hall–Kier alpha value is -2.38. The van der Waals surface area contributed by atoms with Crippen molar-refractivity contribution in [1.82, 2.24) is 19.1 Å². The lowest BCUT2D eigenvalue weighted by atomic mass is 10.5. The molecule has 0 aliphatic heterocycles. The summed E-state index contributed by atoms with van der Waals surface area (Å²) in [5.41, 5.74) is -0.512. The number of aromatic nitrogens is 4. The van der Waals surface area contributed by atoms with E-state index in [9.17, 15) is 9.59 Å². The molecule has 0 atom stereocenters. The summed E-state index contributed by atoms with van der Waals surface area (Å²) in [6.45, 7) is 0. The van der Waals surface area contributed by atoms with Gasteiger partial charge in [0, 0.05) is 14.1 Å². The van der Waals surface area contributed by atoms with Crippen LogP contribution in [0.3, 0.4) is 0 Å². The third-order valence-electron chi connectivity index (χ3n) is 2.29. The first-order valence-corrected chi connectivity index (χ1v) is 4.39. The van der Waals surface area contributed by atoms with E-state index in [2.05, 4.69) is 15.1 Å². The second-order valence-corrected chi connectivity index (χ2v) is 3.27. The van der Waals surface area contributed by atoms with E-state index in [0.29, 0.717) is 0 Å². The number of rotatable bonds is 1. The normalized spacial score (nSPS) is 11.6. The van der Waals surface area contributed by atoms with Crippen LogP contribution >= 0.6 is 0 Å². The zero-order valence-corrected chi connectivity index (χ0v) is 8.63. The van der Waals surface area contributed by atoms with E-state index in [1.165, 1.54) is 18.7 Å². The van der Waals surface area contributed by atoms with Crippen LogP contribution in [0.15, 0.2) is 14.7 Å². The van der Waals surface area contributed by atoms with Crippen molar-refractivity contribution in [1.29, 1.82) is 0 Å². The molecule has 2 heterocycles. The molecule has 0 unspecified atom stereocenters. The Morgan fingerprint density at radius 3 is 2.69 bits per heavy atom. The summed E-state index contributed by atoms with van der Waals surface area (Å²) >= 11 is 0. The van der Waals surface area contributed by atoms with Crippen LogP contribution in [0.4, 0.5) is 0 Å². The minimum Gasteiger partial charge on any atom is -0.411 e. The average Bonchev–Trinajstić information content (AvgIpc) is 2.68. The molecule has 2 aromatic heterocycles. The van der Waals surface area contributed by atoms with Gasteiger partial charge in [-0.1, -0.05) is 5.16 Å². The van der Waals surface area contributed by atoms with Crippen molar-refractivity contribution in [3.05, 3.63) is 26.7 Å². The number of fused-ring (bicyclic) bond motifs is 1. The molecule has 0 aromatic carbocycles. The molecule has 16 heavy (non-hydrogen) atoms. The van der Waals surface area contributed by atoms with Gasteiger partial charge in [-0.2, -0.15) is 0 Å². The fourth-order valence-corrected chi connectivity index (χ4v) is 1.46. The molecule has 0 fully saturated rings. The summed E-state index contributed by atoms with van der Waals surface area (Å²) < 4.78 is 2.21. The highest BCUT2D eigenvalue weighted by molar-refractivity contribution is 5.81. The largest absolute Gasteiger partial charge is 0.411 e. The molecule has 0 bridgehead atoms. The third kappa shape index (κ3) is 1.23. The summed E-state index contributed by atoms with van der Waals surface area (Å²) in [5, 5.41) is 11.1. The van der Waals surface area contributed by atoms with Crippen LogP contribution in [-0.2, 0) is 14.1 Å². The molecule has 2 N–H and O–H groups in total. The lowest BCUT2D eigenvalue weighted by molar-refractivity contribution is 0.321. The van der Waals surface area contributed by atoms with Gasteiger partial charge in [0.05, 0.1) is 0 Å². The van der Waals surface area contributed by atoms with Crippen molar-refractivity contribution >= 4 is 17.4 Å². The van der Waals surface area contributed by atoms with E-state index >= 15 is 0 Å². The van der Waals surface area contributed by atoms with Crippen molar-refractivity contribution in [3.63, 3.8) is 0 Å². The molecule has 2 aromatic rings. The molecule has 84 valence electrons. The SMILES string of the molecule is Cn1c(=O)c2[nH]c(/C=N/O)nc2n(C)c1=O. The van der Waals surface area contributed by atoms with Crippen molar-refractivity contribution in [3.8, 4) is 0 Å². The van der Waals surface area contributed by atoms with Crippen molar-refractivity contribution < 1.29 is 5.21 Å². The predicted molar refractivity (Wildman–Crippen MR) is 56.0 cm³/mol. The summed E-state index contributed by atoms with van der Waals surface area (Å²) in [7, 11) is 2.88. The maximum absolute atomic E-state index is 11.7. The van der Waals surface area contributed by atoms with Gasteiger partial charge in [-0.15, -0.1) is 0 Å². The van der Waals surface area contributed by atoms with E-state index in [0.717, 1.165) is 10.8 Å². The molecule has 0 aliphatic carbocycles. The summed E-state index contributed by atoms with van der Waals surface area (Å²) in [6, 6.07) is 0. The van der Waals surface area contributed by atoms with Crippen molar-refractivity contribution in [2.45, 2.75) is 0 Å². The highest BCUT2D eigenvalue weighted by Crippen LogP contribution is 2.01. The molecule has 8 nitrogen and oxygen atoms in total. The number of aryl methyl sites for hydroxylation is 1. The Bertz CT molecular complexity index is 690. The van der Waals surface area contributed by atoms with Gasteiger partial charge in [0.1, 0.15) is 11.7 Å². The molecular formula is C8H9N5O3. The number of oxime groups is 1. The summed E-state index contributed by atoms with van der Waals surface area (Å²) in [6.07, 6.45) is 1.05. The zero-order chi connectivity index (χ0) is 11.9. The Morgan fingerprint density at radius 1 is 1.38 bits per heavy atom. The molecule has 8 heteroatoms. The molecule has 2 rings (SSSR count). The Morgan fingerprint density at radius 2 is 2.06 bits per heavy atom. The summed E-state index contributed by atoms with van der Waals surface area (Å²) in [5.74, 6) is 0.204. The van der Waals surface area contributed by atoms with Crippen LogP contribution in [0.1, 0.15) is 5.82 Å². The van der Waals surface area contributed by atoms with E-state index in [1.807, 2.05) is 0 Å². The van der Waals surface area contributed by atoms with Gasteiger partial charge in [0.15, 0.2) is 11.5 Å². The van der Waals surface area contributed by atoms with Gasteiger partial charge < -0.3 is 10.2 Å². The monoisotopic (exact) mass is 223 g/mol. The maximum Gasteiger partial charge on any atom is 0.332 e. The van der Waals surface area contributed by atoms with Gasteiger partial charge >= 0.3 is 5.69 Å². The van der Waals surface area contributed by atoms with E-state index in [1.54, 1.807) is 0 Å². The highest BCUT2D eigenvalue weighted by Gasteiger charge is 2.12. The van der Waals surface area contributed by atoms with E-state index < -0.39 is 11.2 Å². The van der Waals surface area contributed by atoms with Gasteiger partial charge in [0.2, 0.25) is 0 Å². The fourth-order valence-electron chi connectivity index (χ4n) is 1.46. The molecule has 0 saturated heterocycles. The third-order valence-corrected chi connectivity index (χ3v) is 2.29. The predicted octanol–water partition coefficient (Wildman–Crippen LogP) is -1.23. The van der Waals surface area contributed by atoms with Crippen molar-refractivity contribution in [2.24, 2.45) is 19.3 Å². The molecule has 0 aliphatic rings. The standard InChI is InChI=1S/C8H9N5O3/c1-12-6-5(7(14)13(2)8(12)15)10-4(11-6)3-9-16/h3,16H,1-2H3,(H,10,11)/b9-3+. The number of hydrogen-bond donors (Lipinski definition) is 2. The molecule has 0 spiro atoms. The van der Waals surface area contributed by atoms with Crippen LogP contribution < -0.4 is 11.2 Å². The number of nitrogens with zero attached hydrogens (tertiary/aromatic N) is 4. The molecular weight excluding hydrogens is 214 g/mol. The second kappa shape index (κ2) is 3.33. The van der Waals surface area contributed by atoms with Gasteiger partial charge in [0.25, 0.3) is 5.56 Å². The van der Waals surface area contributed by atoms with Gasteiger partial charge in [-0.05, 0) is 0 Å². The maximum atomic E-state index is 11.7. The Kier molecular flexibility index (Phi) is 2.11. The minimum atomic E-state index is -0.469. The minimum absolute atomic E-state index is 0.194. The number of H-pyrrole nitrogens is 1. The lowest BCUT2D eigenvalue weighted by Gasteiger charge is -2.00. The van der Waals surface area contributed by atoms with Crippen LogP contribution in [0.2, 0.25) is 0 Å². The van der Waals surface area contributed by atoms with Crippen LogP contribution in [0.5, 0.6) is 0 Å². The fraction of sp³-hybridized carbons (Fsp3) is 0.250. The average molecular weight is 223 g/mol. The summed E-state index contributed by atoms with van der Waals surface area (Å²) in [4.78, 5) is 29.9. The zero-order valence-electron chi connectivity index (χ0n) is 8.63. The Balaban J connectivity index is 2.98. The van der Waals surface area contributed by atoms with E-state index in [-0.39, 0.29) is 17.0 Å². The van der Waals surface area contributed by atoms with Crippen molar-refractivity contribution in [2.75, 3.05) is 0 Å².